The zero-order chi connectivity index (χ0) is 26.8. The van der Waals surface area contributed by atoms with E-state index in [2.05, 4.69) is 43.4 Å². The molecule has 0 unspecified atom stereocenters. The fourth-order valence-corrected chi connectivity index (χ4v) is 5.11. The summed E-state index contributed by atoms with van der Waals surface area (Å²) in [6, 6.07) is 23.8. The zero-order valence-corrected chi connectivity index (χ0v) is 22.7. The summed E-state index contributed by atoms with van der Waals surface area (Å²) < 4.78 is 7.53. The molecular formula is C30H31N5O2S. The van der Waals surface area contributed by atoms with Crippen molar-refractivity contribution in [2.75, 3.05) is 17.3 Å². The number of hydrogen-bond donors (Lipinski definition) is 2. The lowest BCUT2D eigenvalue weighted by atomic mass is 10.00. The molecule has 194 valence electrons. The van der Waals surface area contributed by atoms with Crippen LogP contribution < -0.4 is 20.3 Å². The van der Waals surface area contributed by atoms with E-state index in [1.165, 1.54) is 0 Å². The number of pyridine rings is 1. The highest BCUT2D eigenvalue weighted by Gasteiger charge is 2.42. The Kier molecular flexibility index (Phi) is 7.15. The molecule has 2 N–H and O–H groups in total. The Balaban J connectivity index is 1.59. The van der Waals surface area contributed by atoms with Crippen LogP contribution in [-0.2, 0) is 4.79 Å². The van der Waals surface area contributed by atoms with Gasteiger partial charge in [-0.25, -0.2) is 0 Å². The maximum Gasteiger partial charge on any atom is 0.226 e. The number of ether oxygens (including phenoxy) is 1. The van der Waals surface area contributed by atoms with Crippen LogP contribution in [0.15, 0.2) is 85.2 Å². The maximum atomic E-state index is 12.3. The number of anilines is 2. The van der Waals surface area contributed by atoms with E-state index in [0.717, 1.165) is 39.8 Å². The van der Waals surface area contributed by atoms with Crippen LogP contribution in [-0.4, -0.2) is 27.7 Å². The minimum atomic E-state index is -0.176. The molecule has 5 rings (SSSR count). The molecule has 38 heavy (non-hydrogen) atoms. The molecule has 4 aromatic rings. The van der Waals surface area contributed by atoms with E-state index in [4.69, 9.17) is 17.0 Å². The molecule has 0 aliphatic carbocycles. The Morgan fingerprint density at radius 1 is 1.05 bits per heavy atom. The van der Waals surface area contributed by atoms with E-state index in [9.17, 15) is 4.79 Å². The topological polar surface area (TPSA) is 71.4 Å². The quantitative estimate of drug-likeness (QED) is 0.290. The molecule has 2 aromatic heterocycles. The van der Waals surface area contributed by atoms with E-state index in [0.29, 0.717) is 5.11 Å². The van der Waals surface area contributed by atoms with Gasteiger partial charge >= 0.3 is 0 Å². The average molecular weight is 526 g/mol. The summed E-state index contributed by atoms with van der Waals surface area (Å²) in [4.78, 5) is 19.1. The van der Waals surface area contributed by atoms with Crippen LogP contribution in [0, 0.1) is 12.8 Å². The van der Waals surface area contributed by atoms with Gasteiger partial charge < -0.3 is 24.8 Å². The molecule has 2 aromatic carbocycles. The molecule has 0 spiro atoms. The zero-order valence-electron chi connectivity index (χ0n) is 21.9. The maximum absolute atomic E-state index is 12.3. The first-order chi connectivity index (χ1) is 18.4. The number of carbonyl (C=O) groups is 1. The van der Waals surface area contributed by atoms with Crippen LogP contribution in [0.5, 0.6) is 5.75 Å². The number of thiocarbonyl (C=S) groups is 1. The SMILES string of the molecule is COc1ccc(-n2cccc2[C@H]2[C@@H](c3ccccn3)NC(=S)N2c2ccc(NC(=O)C(C)C)c(C)c2)cc1. The summed E-state index contributed by atoms with van der Waals surface area (Å²) in [6.07, 6.45) is 3.86. The van der Waals surface area contributed by atoms with Crippen molar-refractivity contribution < 1.29 is 9.53 Å². The first-order valence-corrected chi connectivity index (χ1v) is 13.0. The van der Waals surface area contributed by atoms with Crippen LogP contribution in [0.3, 0.4) is 0 Å². The van der Waals surface area contributed by atoms with Crippen LogP contribution in [0.4, 0.5) is 11.4 Å². The van der Waals surface area contributed by atoms with Gasteiger partial charge in [-0.2, -0.15) is 0 Å². The Bertz CT molecular complexity index is 1450. The van der Waals surface area contributed by atoms with Gasteiger partial charge in [-0.15, -0.1) is 0 Å². The lowest BCUT2D eigenvalue weighted by Gasteiger charge is -2.29. The number of aryl methyl sites for hydroxylation is 1. The number of rotatable bonds is 7. The number of carbonyl (C=O) groups excluding carboxylic acids is 1. The molecule has 1 amide bonds. The lowest BCUT2D eigenvalue weighted by molar-refractivity contribution is -0.118. The van der Waals surface area contributed by atoms with Crippen molar-refractivity contribution in [2.45, 2.75) is 32.9 Å². The van der Waals surface area contributed by atoms with Crippen molar-refractivity contribution in [1.82, 2.24) is 14.9 Å². The van der Waals surface area contributed by atoms with Crippen molar-refractivity contribution in [3.8, 4) is 11.4 Å². The number of nitrogens with zero attached hydrogens (tertiary/aromatic N) is 3. The second-order valence-corrected chi connectivity index (χ2v) is 10.0. The second kappa shape index (κ2) is 10.7. The van der Waals surface area contributed by atoms with Gasteiger partial charge in [0.15, 0.2) is 5.11 Å². The molecule has 8 heteroatoms. The number of hydrogen-bond acceptors (Lipinski definition) is 4. The van der Waals surface area contributed by atoms with Gasteiger partial charge in [0.2, 0.25) is 5.91 Å². The van der Waals surface area contributed by atoms with Gasteiger partial charge in [0, 0.05) is 41.1 Å². The van der Waals surface area contributed by atoms with Crippen molar-refractivity contribution >= 4 is 34.6 Å². The summed E-state index contributed by atoms with van der Waals surface area (Å²) >= 11 is 5.92. The number of benzene rings is 2. The minimum Gasteiger partial charge on any atom is -0.497 e. The first-order valence-electron chi connectivity index (χ1n) is 12.6. The Morgan fingerprint density at radius 2 is 1.82 bits per heavy atom. The predicted octanol–water partition coefficient (Wildman–Crippen LogP) is 5.96. The molecule has 1 aliphatic rings. The summed E-state index contributed by atoms with van der Waals surface area (Å²) in [5.74, 6) is 0.697. The molecule has 2 atom stereocenters. The van der Waals surface area contributed by atoms with Crippen molar-refractivity contribution in [3.05, 3.63) is 102 Å². The molecule has 0 radical (unpaired) electrons. The summed E-state index contributed by atoms with van der Waals surface area (Å²) in [7, 11) is 1.66. The first kappa shape index (κ1) is 25.5. The van der Waals surface area contributed by atoms with Crippen molar-refractivity contribution in [2.24, 2.45) is 5.92 Å². The standard InChI is InChI=1S/C30H31N5O2S/c1-19(2)29(36)32-24-15-12-22(18-20(24)3)35-28(27(33-30(35)38)25-8-5-6-16-31-25)26-9-7-17-34(26)21-10-13-23(37-4)14-11-21/h5-19,27-28H,1-4H3,(H,32,36)(H,33,38)/t27-,28+/m1/s1. The van der Waals surface area contributed by atoms with Gasteiger partial charge in [-0.1, -0.05) is 19.9 Å². The van der Waals surface area contributed by atoms with Gasteiger partial charge in [0.05, 0.1) is 18.8 Å². The molecule has 0 bridgehead atoms. The highest BCUT2D eigenvalue weighted by Crippen LogP contribution is 2.43. The Morgan fingerprint density at radius 3 is 2.47 bits per heavy atom. The monoisotopic (exact) mass is 525 g/mol. The van der Waals surface area contributed by atoms with Gasteiger partial charge in [-0.3, -0.25) is 9.78 Å². The predicted molar refractivity (Wildman–Crippen MR) is 155 cm³/mol. The molecule has 3 heterocycles. The van der Waals surface area contributed by atoms with Crippen molar-refractivity contribution in [1.29, 1.82) is 0 Å². The third-order valence-electron chi connectivity index (χ3n) is 6.80. The van der Waals surface area contributed by atoms with Crippen LogP contribution >= 0.6 is 12.2 Å². The van der Waals surface area contributed by atoms with E-state index in [1.807, 2.05) is 81.4 Å². The third kappa shape index (κ3) is 4.87. The Labute approximate surface area is 228 Å². The number of aromatic nitrogens is 2. The highest BCUT2D eigenvalue weighted by atomic mass is 32.1. The summed E-state index contributed by atoms with van der Waals surface area (Å²) in [5, 5.41) is 7.17. The fourth-order valence-electron chi connectivity index (χ4n) is 4.76. The smallest absolute Gasteiger partial charge is 0.226 e. The molecule has 1 aliphatic heterocycles. The van der Waals surface area contributed by atoms with Crippen molar-refractivity contribution in [3.63, 3.8) is 0 Å². The highest BCUT2D eigenvalue weighted by molar-refractivity contribution is 7.80. The van der Waals surface area contributed by atoms with Crippen LogP contribution in [0.2, 0.25) is 0 Å². The number of nitrogens with one attached hydrogen (secondary N) is 2. The summed E-state index contributed by atoms with van der Waals surface area (Å²) in [5.41, 5.74) is 5.69. The van der Waals surface area contributed by atoms with Crippen LogP contribution in [0.25, 0.3) is 5.69 Å². The Hall–Kier alpha value is -4.17. The lowest BCUT2D eigenvalue weighted by Crippen LogP contribution is -2.30. The van der Waals surface area contributed by atoms with E-state index >= 15 is 0 Å². The van der Waals surface area contributed by atoms with E-state index in [-0.39, 0.29) is 23.9 Å². The number of amides is 1. The number of methoxy groups -OCH3 is 1. The normalized spacial score (nSPS) is 17.0. The average Bonchev–Trinajstić information content (AvgIpc) is 3.54. The summed E-state index contributed by atoms with van der Waals surface area (Å²) in [6.45, 7) is 5.76. The fraction of sp³-hybridized carbons (Fsp3) is 0.233. The van der Waals surface area contributed by atoms with E-state index in [1.54, 1.807) is 13.3 Å². The minimum absolute atomic E-state index is 0.00961. The van der Waals surface area contributed by atoms with Gasteiger partial charge in [0.25, 0.3) is 0 Å². The largest absolute Gasteiger partial charge is 0.497 e. The molecule has 0 saturated carbocycles. The second-order valence-electron chi connectivity index (χ2n) is 9.64. The van der Waals surface area contributed by atoms with E-state index < -0.39 is 0 Å². The third-order valence-corrected chi connectivity index (χ3v) is 7.12. The molecular weight excluding hydrogens is 494 g/mol. The van der Waals surface area contributed by atoms with Gasteiger partial charge in [-0.05, 0) is 91.4 Å². The molecule has 7 nitrogen and oxygen atoms in total. The molecule has 1 fully saturated rings. The molecule has 1 saturated heterocycles. The van der Waals surface area contributed by atoms with Gasteiger partial charge in [0.1, 0.15) is 11.8 Å². The van der Waals surface area contributed by atoms with Crippen LogP contribution in [0.1, 0.15) is 42.9 Å².